The Kier molecular flexibility index (Phi) is 8.85. The van der Waals surface area contributed by atoms with Crippen molar-refractivity contribution < 1.29 is 32.3 Å². The Balaban J connectivity index is 1.99. The minimum Gasteiger partial charge on any atom is -0.477 e. The third kappa shape index (κ3) is 5.81. The molecule has 226 valence electrons. The fraction of sp³-hybridized carbons (Fsp3) is 0.323. The van der Waals surface area contributed by atoms with Crippen LogP contribution in [0.3, 0.4) is 0 Å². The average molecular weight is 636 g/mol. The van der Waals surface area contributed by atoms with Gasteiger partial charge >= 0.3 is 5.97 Å². The molecule has 1 heterocycles. The van der Waals surface area contributed by atoms with Crippen molar-refractivity contribution in [1.82, 2.24) is 4.90 Å². The maximum absolute atomic E-state index is 15.8. The molecule has 12 heteroatoms. The highest BCUT2D eigenvalue weighted by Crippen LogP contribution is 2.56. The number of nitrogens with zero attached hydrogens (tertiary/aromatic N) is 2. The van der Waals surface area contributed by atoms with Crippen molar-refractivity contribution in [3.8, 4) is 6.07 Å². The number of likely N-dealkylation sites (N-methyl/N-ethyl adjacent to an activating group) is 1. The molecule has 0 saturated carbocycles. The zero-order valence-corrected chi connectivity index (χ0v) is 25.0. The lowest BCUT2D eigenvalue weighted by Crippen LogP contribution is -2.45. The van der Waals surface area contributed by atoms with Crippen molar-refractivity contribution in [2.24, 2.45) is 5.41 Å². The van der Waals surface area contributed by atoms with Gasteiger partial charge in [0.1, 0.15) is 34.2 Å². The number of nitrogens with one attached hydrogen (secondary N) is 1. The summed E-state index contributed by atoms with van der Waals surface area (Å²) >= 11 is 12.2. The number of rotatable bonds is 6. The number of hydrogen-bond acceptors (Lipinski definition) is 4. The van der Waals surface area contributed by atoms with E-state index in [0.717, 1.165) is 6.07 Å². The molecule has 1 aliphatic rings. The van der Waals surface area contributed by atoms with Gasteiger partial charge in [-0.25, -0.2) is 22.4 Å². The van der Waals surface area contributed by atoms with Crippen molar-refractivity contribution in [2.45, 2.75) is 50.6 Å². The fourth-order valence-corrected chi connectivity index (χ4v) is 6.39. The summed E-state index contributed by atoms with van der Waals surface area (Å²) in [5.74, 6) is -8.76. The van der Waals surface area contributed by atoms with Crippen LogP contribution in [0.4, 0.5) is 23.2 Å². The Morgan fingerprint density at radius 2 is 1.67 bits per heavy atom. The summed E-state index contributed by atoms with van der Waals surface area (Å²) in [6.45, 7) is 5.66. The number of benzene rings is 3. The molecular weight excluding hydrogens is 609 g/mol. The molecule has 3 aromatic rings. The van der Waals surface area contributed by atoms with Crippen LogP contribution >= 0.6 is 23.2 Å². The van der Waals surface area contributed by atoms with Gasteiger partial charge in [0, 0.05) is 28.2 Å². The largest absolute Gasteiger partial charge is 0.477 e. The number of aromatic carboxylic acids is 1. The van der Waals surface area contributed by atoms with Crippen molar-refractivity contribution in [3.63, 3.8) is 0 Å². The van der Waals surface area contributed by atoms with Crippen LogP contribution < -0.4 is 5.32 Å². The first kappa shape index (κ1) is 32.3. The number of halogens is 6. The quantitative estimate of drug-likeness (QED) is 0.273. The molecule has 3 aromatic carbocycles. The van der Waals surface area contributed by atoms with Crippen LogP contribution in [0, 0.1) is 40.0 Å². The smallest absolute Gasteiger partial charge is 0.341 e. The molecule has 1 aliphatic heterocycles. The van der Waals surface area contributed by atoms with Crippen LogP contribution in [-0.4, -0.2) is 41.0 Å². The number of likely N-dealkylation sites (tertiary alicyclic amines) is 1. The van der Waals surface area contributed by atoms with Gasteiger partial charge in [0.25, 0.3) is 0 Å². The van der Waals surface area contributed by atoms with Crippen molar-refractivity contribution in [3.05, 3.63) is 98.5 Å². The van der Waals surface area contributed by atoms with E-state index >= 15 is 8.78 Å². The van der Waals surface area contributed by atoms with Gasteiger partial charge in [-0.1, -0.05) is 62.2 Å². The second-order valence-corrected chi connectivity index (χ2v) is 12.6. The summed E-state index contributed by atoms with van der Waals surface area (Å²) < 4.78 is 60.6. The van der Waals surface area contributed by atoms with E-state index in [4.69, 9.17) is 28.3 Å². The number of carboxylic acid groups (broad SMARTS) is 1. The molecule has 1 fully saturated rings. The molecule has 43 heavy (non-hydrogen) atoms. The Bertz CT molecular complexity index is 1630. The van der Waals surface area contributed by atoms with Crippen LogP contribution in [0.1, 0.15) is 54.6 Å². The van der Waals surface area contributed by atoms with Crippen molar-refractivity contribution >= 4 is 40.8 Å². The highest BCUT2D eigenvalue weighted by atomic mass is 35.5. The molecule has 0 radical (unpaired) electrons. The lowest BCUT2D eigenvalue weighted by molar-refractivity contribution is -0.120. The Hall–Kier alpha value is -3.65. The summed E-state index contributed by atoms with van der Waals surface area (Å²) in [5, 5.41) is 22.2. The average Bonchev–Trinajstić information content (AvgIpc) is 3.12. The van der Waals surface area contributed by atoms with Gasteiger partial charge in [0.2, 0.25) is 5.91 Å². The molecule has 0 aromatic heterocycles. The molecule has 0 unspecified atom stereocenters. The first-order valence-corrected chi connectivity index (χ1v) is 13.8. The lowest BCUT2D eigenvalue weighted by Gasteiger charge is -2.38. The first-order valence-electron chi connectivity index (χ1n) is 13.1. The summed E-state index contributed by atoms with van der Waals surface area (Å²) in [5.41, 5.74) is -4.27. The third-order valence-electron chi connectivity index (χ3n) is 7.74. The van der Waals surface area contributed by atoms with Gasteiger partial charge < -0.3 is 10.4 Å². The molecule has 0 spiro atoms. The molecule has 4 atom stereocenters. The van der Waals surface area contributed by atoms with E-state index < -0.39 is 75.2 Å². The van der Waals surface area contributed by atoms with Gasteiger partial charge in [-0.2, -0.15) is 5.26 Å². The van der Waals surface area contributed by atoms with E-state index in [1.807, 2.05) is 20.8 Å². The number of carboxylic acids is 1. The fourth-order valence-electron chi connectivity index (χ4n) is 6.05. The number of hydrogen-bond donors (Lipinski definition) is 2. The first-order chi connectivity index (χ1) is 20.0. The van der Waals surface area contributed by atoms with Crippen LogP contribution in [0.2, 0.25) is 10.0 Å². The second kappa shape index (κ2) is 11.8. The van der Waals surface area contributed by atoms with E-state index in [1.54, 1.807) is 0 Å². The summed E-state index contributed by atoms with van der Waals surface area (Å²) in [4.78, 5) is 26.8. The maximum atomic E-state index is 15.8. The van der Waals surface area contributed by atoms with E-state index in [1.165, 1.54) is 42.3 Å². The molecule has 1 saturated heterocycles. The number of carbonyl (C=O) groups is 2. The highest BCUT2D eigenvalue weighted by Gasteiger charge is 2.63. The summed E-state index contributed by atoms with van der Waals surface area (Å²) in [7, 11) is 1.53. The van der Waals surface area contributed by atoms with Crippen molar-refractivity contribution in [1.29, 1.82) is 5.26 Å². The van der Waals surface area contributed by atoms with Gasteiger partial charge in [0.05, 0.1) is 17.1 Å². The normalized spacial score (nSPS) is 22.3. The maximum Gasteiger partial charge on any atom is 0.341 e. The molecule has 1 amide bonds. The topological polar surface area (TPSA) is 93.4 Å². The molecule has 2 N–H and O–H groups in total. The summed E-state index contributed by atoms with van der Waals surface area (Å²) in [6.07, 6.45) is 0.234. The monoisotopic (exact) mass is 635 g/mol. The molecule has 4 rings (SSSR count). The van der Waals surface area contributed by atoms with E-state index in [-0.39, 0.29) is 27.6 Å². The van der Waals surface area contributed by atoms with Gasteiger partial charge in [-0.15, -0.1) is 0 Å². The second-order valence-electron chi connectivity index (χ2n) is 11.7. The predicted octanol–water partition coefficient (Wildman–Crippen LogP) is 7.55. The number of amides is 1. The zero-order valence-electron chi connectivity index (χ0n) is 23.5. The molecule has 0 bridgehead atoms. The van der Waals surface area contributed by atoms with Crippen LogP contribution in [0.15, 0.2) is 48.5 Å². The minimum atomic E-state index is -1.89. The molecular formula is C31H27Cl2F4N3O3. The molecule has 6 nitrogen and oxygen atoms in total. The Morgan fingerprint density at radius 1 is 1.05 bits per heavy atom. The van der Waals surface area contributed by atoms with E-state index in [2.05, 4.69) is 11.4 Å². The minimum absolute atomic E-state index is 0.0571. The lowest BCUT2D eigenvalue weighted by atomic mass is 9.62. The van der Waals surface area contributed by atoms with E-state index in [0.29, 0.717) is 12.1 Å². The summed E-state index contributed by atoms with van der Waals surface area (Å²) in [6, 6.07) is 9.03. The molecule has 0 aliphatic carbocycles. The highest BCUT2D eigenvalue weighted by molar-refractivity contribution is 6.31. The van der Waals surface area contributed by atoms with Crippen molar-refractivity contribution in [2.75, 3.05) is 12.4 Å². The number of carbonyl (C=O) groups excluding carboxylic acids is 1. The Morgan fingerprint density at radius 3 is 2.21 bits per heavy atom. The Labute approximate surface area is 255 Å². The van der Waals surface area contributed by atoms with E-state index in [9.17, 15) is 23.6 Å². The third-order valence-corrected chi connectivity index (χ3v) is 8.27. The SMILES string of the molecule is CN1[C@@H](CC(C)(C)C)[C@](C#N)(c2ccc(Cl)cc2F)[C@@H](c2cccc(Cl)c2F)[C@@H]1C(=O)Nc1cc(F)c(C(=O)O)c(F)c1. The van der Waals surface area contributed by atoms with Gasteiger partial charge in [-0.05, 0) is 54.8 Å². The van der Waals surface area contributed by atoms with Crippen LogP contribution in [0.5, 0.6) is 0 Å². The van der Waals surface area contributed by atoms with Gasteiger partial charge in [-0.3, -0.25) is 9.69 Å². The predicted molar refractivity (Wildman–Crippen MR) is 154 cm³/mol. The zero-order chi connectivity index (χ0) is 32.0. The van der Waals surface area contributed by atoms with Crippen LogP contribution in [-0.2, 0) is 10.2 Å². The number of anilines is 1. The van der Waals surface area contributed by atoms with Crippen LogP contribution in [0.25, 0.3) is 0 Å². The van der Waals surface area contributed by atoms with Gasteiger partial charge in [0.15, 0.2) is 0 Å². The standard InChI is InChI=1S/C31H27Cl2F4N3O3/c1-30(2,3)13-23-31(14-38,18-9-8-15(32)10-20(18)34)25(17-6-5-7-19(33)26(17)37)27(40(23)4)28(41)39-16-11-21(35)24(29(42)43)22(36)12-16/h5-12,23,25,27H,13H2,1-4H3,(H,39,41)(H,42,43)/t23-,25-,27+,31-/m0/s1. The number of nitriles is 1.